The Balaban J connectivity index is 1.09. The Morgan fingerprint density at radius 3 is 0.610 bits per heavy atom. The van der Waals surface area contributed by atoms with Crippen LogP contribution in [-0.4, -0.2) is 0 Å². The molecule has 0 atom stereocenters. The summed E-state index contributed by atoms with van der Waals surface area (Å²) in [5.74, 6) is 0. The van der Waals surface area contributed by atoms with Gasteiger partial charge in [-0.1, -0.05) is 121 Å². The van der Waals surface area contributed by atoms with Crippen molar-refractivity contribution in [2.24, 2.45) is 0 Å². The zero-order valence-corrected chi connectivity index (χ0v) is 32.7. The van der Waals surface area contributed by atoms with Crippen molar-refractivity contribution in [3.63, 3.8) is 0 Å². The van der Waals surface area contributed by atoms with Crippen LogP contribution >= 0.6 is 0 Å². The van der Waals surface area contributed by atoms with E-state index in [9.17, 15) is 0 Å². The average molecular weight is 761 g/mol. The lowest BCUT2D eigenvalue weighted by molar-refractivity contribution is 0.975. The summed E-state index contributed by atoms with van der Waals surface area (Å²) in [6.07, 6.45) is 0. The van der Waals surface area contributed by atoms with E-state index in [1.807, 2.05) is 0 Å². The number of rotatable bonds is 13. The van der Waals surface area contributed by atoms with E-state index in [1.165, 1.54) is 5.56 Å². The fourth-order valence-corrected chi connectivity index (χ4v) is 7.63. The van der Waals surface area contributed by atoms with E-state index < -0.39 is 0 Å². The third-order valence-electron chi connectivity index (χ3n) is 10.5. The molecule has 9 aromatic rings. The molecule has 0 aromatic heterocycles. The summed E-state index contributed by atoms with van der Waals surface area (Å²) in [7, 11) is 0. The second-order valence-corrected chi connectivity index (χ2v) is 14.3. The number of nitrogens with zero attached hydrogens (tertiary/aromatic N) is 4. The van der Waals surface area contributed by atoms with Crippen LogP contribution in [0.25, 0.3) is 0 Å². The molecule has 0 fully saturated rings. The van der Waals surface area contributed by atoms with E-state index in [4.69, 9.17) is 0 Å². The van der Waals surface area contributed by atoms with Crippen LogP contribution in [0.2, 0.25) is 0 Å². The lowest BCUT2D eigenvalue weighted by atomic mass is 10.1. The van der Waals surface area contributed by atoms with Gasteiger partial charge in [-0.3, -0.25) is 0 Å². The predicted octanol–water partition coefficient (Wildman–Crippen LogP) is 15.4. The van der Waals surface area contributed by atoms with Crippen LogP contribution in [0, 0.1) is 0 Å². The first kappa shape index (κ1) is 36.8. The molecule has 0 N–H and O–H groups in total. The molecule has 59 heavy (non-hydrogen) atoms. The second-order valence-electron chi connectivity index (χ2n) is 14.3. The van der Waals surface area contributed by atoms with Gasteiger partial charge >= 0.3 is 0 Å². The van der Waals surface area contributed by atoms with E-state index in [0.717, 1.165) is 69.1 Å². The lowest BCUT2D eigenvalue weighted by Gasteiger charge is -2.30. The molecule has 284 valence electrons. The van der Waals surface area contributed by atoms with Crippen molar-refractivity contribution >= 4 is 62.6 Å². The van der Waals surface area contributed by atoms with Crippen molar-refractivity contribution in [2.45, 2.75) is 6.54 Å². The first-order chi connectivity index (χ1) is 29.3. The van der Waals surface area contributed by atoms with Gasteiger partial charge in [0, 0.05) is 69.1 Å². The van der Waals surface area contributed by atoms with Crippen LogP contribution in [0.5, 0.6) is 0 Å². The van der Waals surface area contributed by atoms with Gasteiger partial charge in [-0.15, -0.1) is 0 Å². The Hall–Kier alpha value is -7.82. The summed E-state index contributed by atoms with van der Waals surface area (Å²) in [6.45, 7) is 0.737. The van der Waals surface area contributed by atoms with E-state index in [2.05, 4.69) is 274 Å². The maximum atomic E-state index is 2.36. The molecule has 0 saturated heterocycles. The van der Waals surface area contributed by atoms with Crippen LogP contribution in [-0.2, 0) is 6.54 Å². The molecule has 0 aliphatic carbocycles. The zero-order chi connectivity index (χ0) is 39.6. The Bertz CT molecular complexity index is 2390. The van der Waals surface area contributed by atoms with Crippen molar-refractivity contribution in [1.29, 1.82) is 0 Å². The standard InChI is InChI=1S/C55H44N4/c1-7-19-45(20-8-1)56(46-21-9-2-10-22-46)43-44-31-33-51(34-32-44)59(54-39-35-52(36-40-54)57(47-23-11-3-12-24-47)48-25-13-4-14-26-48)55-41-37-53(38-42-55)58(49-27-15-5-16-28-49)50-29-17-6-18-30-50/h1-42H,43H2. The van der Waals surface area contributed by atoms with Crippen LogP contribution in [0.3, 0.4) is 0 Å². The van der Waals surface area contributed by atoms with Gasteiger partial charge < -0.3 is 19.6 Å². The van der Waals surface area contributed by atoms with Crippen LogP contribution in [0.15, 0.2) is 255 Å². The van der Waals surface area contributed by atoms with Crippen LogP contribution < -0.4 is 19.6 Å². The molecule has 4 nitrogen and oxygen atoms in total. The van der Waals surface area contributed by atoms with Crippen molar-refractivity contribution in [1.82, 2.24) is 0 Å². The molecule has 0 unspecified atom stereocenters. The van der Waals surface area contributed by atoms with E-state index in [-0.39, 0.29) is 0 Å². The first-order valence-electron chi connectivity index (χ1n) is 20.1. The van der Waals surface area contributed by atoms with Gasteiger partial charge in [0.2, 0.25) is 0 Å². The fourth-order valence-electron chi connectivity index (χ4n) is 7.63. The average Bonchev–Trinajstić information content (AvgIpc) is 3.32. The molecule has 0 saturated carbocycles. The quantitative estimate of drug-likeness (QED) is 0.116. The van der Waals surface area contributed by atoms with Gasteiger partial charge in [0.1, 0.15) is 0 Å². The van der Waals surface area contributed by atoms with Gasteiger partial charge in [-0.05, 0) is 139 Å². The maximum Gasteiger partial charge on any atom is 0.0481 e. The van der Waals surface area contributed by atoms with Crippen LogP contribution in [0.1, 0.15) is 5.56 Å². The van der Waals surface area contributed by atoms with E-state index in [0.29, 0.717) is 0 Å². The minimum atomic E-state index is 0.737. The second kappa shape index (κ2) is 17.5. The molecule has 0 amide bonds. The Morgan fingerprint density at radius 2 is 0.373 bits per heavy atom. The molecule has 9 aromatic carbocycles. The minimum absolute atomic E-state index is 0.737. The van der Waals surface area contributed by atoms with Gasteiger partial charge in [0.05, 0.1) is 0 Å². The highest BCUT2D eigenvalue weighted by atomic mass is 15.2. The molecule has 0 radical (unpaired) electrons. The van der Waals surface area contributed by atoms with Gasteiger partial charge in [0.15, 0.2) is 0 Å². The smallest absolute Gasteiger partial charge is 0.0481 e. The number of hydrogen-bond acceptors (Lipinski definition) is 4. The number of anilines is 11. The van der Waals surface area contributed by atoms with Crippen molar-refractivity contribution in [3.05, 3.63) is 260 Å². The SMILES string of the molecule is c1ccc(N(Cc2ccc(N(c3ccc(N(c4ccccc4)c4ccccc4)cc3)c3ccc(N(c4ccccc4)c4ccccc4)cc3)cc2)c2ccccc2)cc1. The van der Waals surface area contributed by atoms with Gasteiger partial charge in [-0.25, -0.2) is 0 Å². The van der Waals surface area contributed by atoms with Gasteiger partial charge in [-0.2, -0.15) is 0 Å². The highest BCUT2D eigenvalue weighted by Gasteiger charge is 2.18. The van der Waals surface area contributed by atoms with Crippen molar-refractivity contribution < 1.29 is 0 Å². The summed E-state index contributed by atoms with van der Waals surface area (Å²) in [4.78, 5) is 9.30. The van der Waals surface area contributed by atoms with Crippen LogP contribution in [0.4, 0.5) is 62.6 Å². The Kier molecular flexibility index (Phi) is 10.9. The third kappa shape index (κ3) is 8.34. The molecule has 0 heterocycles. The lowest BCUT2D eigenvalue weighted by Crippen LogP contribution is -2.16. The summed E-state index contributed by atoms with van der Waals surface area (Å²) < 4.78 is 0. The highest BCUT2D eigenvalue weighted by Crippen LogP contribution is 2.41. The summed E-state index contributed by atoms with van der Waals surface area (Å²) in [5.41, 5.74) is 13.3. The Morgan fingerprint density at radius 1 is 0.186 bits per heavy atom. The molecular weight excluding hydrogens is 717 g/mol. The molecule has 0 bridgehead atoms. The van der Waals surface area contributed by atoms with E-state index >= 15 is 0 Å². The first-order valence-corrected chi connectivity index (χ1v) is 20.1. The molecule has 9 rings (SSSR count). The summed E-state index contributed by atoms with van der Waals surface area (Å²) in [6, 6.07) is 90.1. The largest absolute Gasteiger partial charge is 0.337 e. The predicted molar refractivity (Wildman–Crippen MR) is 249 cm³/mol. The topological polar surface area (TPSA) is 13.0 Å². The zero-order valence-electron chi connectivity index (χ0n) is 32.7. The van der Waals surface area contributed by atoms with Gasteiger partial charge in [0.25, 0.3) is 0 Å². The number of benzene rings is 9. The molecule has 0 aliphatic rings. The normalized spacial score (nSPS) is 10.8. The molecular formula is C55H44N4. The number of para-hydroxylation sites is 6. The van der Waals surface area contributed by atoms with E-state index in [1.54, 1.807) is 0 Å². The summed E-state index contributed by atoms with van der Waals surface area (Å²) in [5, 5.41) is 0. The Labute approximate surface area is 347 Å². The summed E-state index contributed by atoms with van der Waals surface area (Å²) >= 11 is 0. The van der Waals surface area contributed by atoms with Crippen molar-refractivity contribution in [2.75, 3.05) is 19.6 Å². The third-order valence-corrected chi connectivity index (χ3v) is 10.5. The molecule has 0 spiro atoms. The molecule has 0 aliphatic heterocycles. The maximum absolute atomic E-state index is 2.36. The monoisotopic (exact) mass is 760 g/mol. The molecule has 4 heteroatoms. The number of hydrogen-bond donors (Lipinski definition) is 0. The highest BCUT2D eigenvalue weighted by molar-refractivity contribution is 5.83. The fraction of sp³-hybridized carbons (Fsp3) is 0.0182. The minimum Gasteiger partial charge on any atom is -0.337 e. The van der Waals surface area contributed by atoms with Crippen molar-refractivity contribution in [3.8, 4) is 0 Å².